The van der Waals surface area contributed by atoms with E-state index in [4.69, 9.17) is 5.73 Å². The van der Waals surface area contributed by atoms with Crippen molar-refractivity contribution >= 4 is 11.4 Å². The Bertz CT molecular complexity index is 385. The van der Waals surface area contributed by atoms with Gasteiger partial charge in [-0.05, 0) is 63.3 Å². The maximum atomic E-state index is 5.94. The molecule has 0 spiro atoms. The normalized spacial score (nSPS) is 21.2. The highest BCUT2D eigenvalue weighted by Crippen LogP contribution is 2.30. The van der Waals surface area contributed by atoms with Gasteiger partial charge < -0.3 is 10.6 Å². The Labute approximate surface area is 98.4 Å². The van der Waals surface area contributed by atoms with Crippen LogP contribution in [-0.4, -0.2) is 12.6 Å². The van der Waals surface area contributed by atoms with Crippen LogP contribution in [0.2, 0.25) is 0 Å². The smallest absolute Gasteiger partial charge is 0.0402 e. The number of nitrogens with two attached hydrogens (primary N) is 1. The van der Waals surface area contributed by atoms with Crippen molar-refractivity contribution in [2.24, 2.45) is 0 Å². The fourth-order valence-electron chi connectivity index (χ4n) is 2.59. The van der Waals surface area contributed by atoms with Gasteiger partial charge in [0.1, 0.15) is 0 Å². The first-order valence-electron chi connectivity index (χ1n) is 6.23. The van der Waals surface area contributed by atoms with Gasteiger partial charge in [0.25, 0.3) is 0 Å². The van der Waals surface area contributed by atoms with E-state index in [0.29, 0.717) is 6.04 Å². The van der Waals surface area contributed by atoms with Crippen molar-refractivity contribution in [3.8, 4) is 0 Å². The molecule has 0 radical (unpaired) electrons. The van der Waals surface area contributed by atoms with E-state index in [2.05, 4.69) is 37.8 Å². The maximum absolute atomic E-state index is 5.94. The van der Waals surface area contributed by atoms with Gasteiger partial charge in [0.05, 0.1) is 0 Å². The Hall–Kier alpha value is -1.18. The summed E-state index contributed by atoms with van der Waals surface area (Å²) in [6.07, 6.45) is 3.99. The van der Waals surface area contributed by atoms with Crippen LogP contribution >= 0.6 is 0 Å². The van der Waals surface area contributed by atoms with Crippen molar-refractivity contribution in [3.63, 3.8) is 0 Å². The summed E-state index contributed by atoms with van der Waals surface area (Å²) in [5.41, 5.74) is 10.7. The number of nitrogens with zero attached hydrogens (tertiary/aromatic N) is 1. The molecule has 1 aliphatic rings. The molecule has 16 heavy (non-hydrogen) atoms. The van der Waals surface area contributed by atoms with Crippen LogP contribution in [0, 0.1) is 13.8 Å². The number of rotatable bonds is 1. The molecule has 0 aliphatic carbocycles. The molecular formula is C14H22N2. The Morgan fingerprint density at radius 3 is 2.62 bits per heavy atom. The fourth-order valence-corrected chi connectivity index (χ4v) is 2.59. The van der Waals surface area contributed by atoms with E-state index in [9.17, 15) is 0 Å². The summed E-state index contributed by atoms with van der Waals surface area (Å²) in [4.78, 5) is 2.53. The quantitative estimate of drug-likeness (QED) is 0.733. The number of hydrogen-bond acceptors (Lipinski definition) is 2. The molecule has 2 N–H and O–H groups in total. The molecule has 2 rings (SSSR count). The summed E-state index contributed by atoms with van der Waals surface area (Å²) in [6.45, 7) is 7.76. The molecule has 0 saturated carbocycles. The molecular weight excluding hydrogens is 196 g/mol. The molecule has 1 aliphatic heterocycles. The minimum absolute atomic E-state index is 0.662. The summed E-state index contributed by atoms with van der Waals surface area (Å²) in [7, 11) is 0. The first-order valence-corrected chi connectivity index (χ1v) is 6.23. The van der Waals surface area contributed by atoms with Gasteiger partial charge in [0, 0.05) is 24.0 Å². The first-order chi connectivity index (χ1) is 7.59. The standard InChI is InChI=1S/C14H22N2/c1-10-9-14(11(2)8-13(10)15)16-7-5-4-6-12(16)3/h8-9,12H,4-7,15H2,1-3H3/t12-/m1/s1. The molecule has 1 saturated heterocycles. The molecule has 1 fully saturated rings. The van der Waals surface area contributed by atoms with Crippen molar-refractivity contribution in [3.05, 3.63) is 23.3 Å². The van der Waals surface area contributed by atoms with Crippen LogP contribution in [0.5, 0.6) is 0 Å². The number of piperidine rings is 1. The highest BCUT2D eigenvalue weighted by molar-refractivity contribution is 5.63. The first kappa shape index (κ1) is 11.3. The molecule has 1 heterocycles. The van der Waals surface area contributed by atoms with E-state index < -0.39 is 0 Å². The van der Waals surface area contributed by atoms with E-state index in [1.54, 1.807) is 0 Å². The second kappa shape index (κ2) is 4.36. The number of hydrogen-bond donors (Lipinski definition) is 1. The monoisotopic (exact) mass is 218 g/mol. The predicted octanol–water partition coefficient (Wildman–Crippen LogP) is 3.26. The highest BCUT2D eigenvalue weighted by Gasteiger charge is 2.20. The summed E-state index contributed by atoms with van der Waals surface area (Å²) in [5.74, 6) is 0. The number of nitrogen functional groups attached to an aromatic ring is 1. The Balaban J connectivity index is 2.35. The van der Waals surface area contributed by atoms with Gasteiger partial charge in [-0.15, -0.1) is 0 Å². The number of aryl methyl sites for hydroxylation is 2. The largest absolute Gasteiger partial charge is 0.399 e. The third kappa shape index (κ3) is 2.01. The zero-order chi connectivity index (χ0) is 11.7. The fraction of sp³-hybridized carbons (Fsp3) is 0.571. The molecule has 2 nitrogen and oxygen atoms in total. The van der Waals surface area contributed by atoms with Gasteiger partial charge in [-0.1, -0.05) is 0 Å². The van der Waals surface area contributed by atoms with Crippen LogP contribution in [-0.2, 0) is 0 Å². The lowest BCUT2D eigenvalue weighted by molar-refractivity contribution is 0.484. The van der Waals surface area contributed by atoms with Crippen molar-refractivity contribution in [1.29, 1.82) is 0 Å². The topological polar surface area (TPSA) is 29.3 Å². The van der Waals surface area contributed by atoms with Crippen molar-refractivity contribution < 1.29 is 0 Å². The Kier molecular flexibility index (Phi) is 3.08. The van der Waals surface area contributed by atoms with E-state index >= 15 is 0 Å². The van der Waals surface area contributed by atoms with Crippen LogP contribution in [0.1, 0.15) is 37.3 Å². The van der Waals surface area contributed by atoms with Crippen LogP contribution in [0.25, 0.3) is 0 Å². The summed E-state index contributed by atoms with van der Waals surface area (Å²) < 4.78 is 0. The van der Waals surface area contributed by atoms with Crippen LogP contribution in [0.15, 0.2) is 12.1 Å². The minimum atomic E-state index is 0.662. The van der Waals surface area contributed by atoms with Gasteiger partial charge in [0.2, 0.25) is 0 Å². The summed E-state index contributed by atoms with van der Waals surface area (Å²) in [6, 6.07) is 5.01. The van der Waals surface area contributed by atoms with Gasteiger partial charge in [-0.2, -0.15) is 0 Å². The van der Waals surface area contributed by atoms with Crippen molar-refractivity contribution in [1.82, 2.24) is 0 Å². The zero-order valence-electron chi connectivity index (χ0n) is 10.6. The minimum Gasteiger partial charge on any atom is -0.399 e. The van der Waals surface area contributed by atoms with Gasteiger partial charge >= 0.3 is 0 Å². The lowest BCUT2D eigenvalue weighted by Gasteiger charge is -2.36. The second-order valence-electron chi connectivity index (χ2n) is 5.03. The van der Waals surface area contributed by atoms with Crippen LogP contribution in [0.3, 0.4) is 0 Å². The molecule has 2 heteroatoms. The molecule has 0 amide bonds. The highest BCUT2D eigenvalue weighted by atomic mass is 15.2. The number of anilines is 2. The zero-order valence-corrected chi connectivity index (χ0v) is 10.6. The molecule has 1 aromatic rings. The van der Waals surface area contributed by atoms with E-state index in [1.165, 1.54) is 42.6 Å². The molecule has 0 unspecified atom stereocenters. The third-order valence-corrected chi connectivity index (χ3v) is 3.70. The predicted molar refractivity (Wildman–Crippen MR) is 71.0 cm³/mol. The summed E-state index contributed by atoms with van der Waals surface area (Å²) >= 11 is 0. The molecule has 88 valence electrons. The maximum Gasteiger partial charge on any atom is 0.0402 e. The summed E-state index contributed by atoms with van der Waals surface area (Å²) in [5, 5.41) is 0. The average molecular weight is 218 g/mol. The lowest BCUT2D eigenvalue weighted by Crippen LogP contribution is -2.37. The lowest BCUT2D eigenvalue weighted by atomic mass is 10.00. The van der Waals surface area contributed by atoms with E-state index in [-0.39, 0.29) is 0 Å². The van der Waals surface area contributed by atoms with Crippen molar-refractivity contribution in [2.75, 3.05) is 17.2 Å². The molecule has 0 bridgehead atoms. The number of benzene rings is 1. The average Bonchev–Trinajstić information content (AvgIpc) is 2.25. The van der Waals surface area contributed by atoms with Crippen LogP contribution < -0.4 is 10.6 Å². The third-order valence-electron chi connectivity index (χ3n) is 3.70. The van der Waals surface area contributed by atoms with E-state index in [1.807, 2.05) is 0 Å². The van der Waals surface area contributed by atoms with E-state index in [0.717, 1.165) is 5.69 Å². The van der Waals surface area contributed by atoms with Crippen LogP contribution in [0.4, 0.5) is 11.4 Å². The SMILES string of the molecule is Cc1cc(N2CCCC[C@H]2C)c(C)cc1N. The Morgan fingerprint density at radius 2 is 1.94 bits per heavy atom. The molecule has 1 aromatic carbocycles. The van der Waals surface area contributed by atoms with Crippen molar-refractivity contribution in [2.45, 2.75) is 46.1 Å². The Morgan fingerprint density at radius 1 is 1.19 bits per heavy atom. The molecule has 0 aromatic heterocycles. The van der Waals surface area contributed by atoms with Gasteiger partial charge in [-0.3, -0.25) is 0 Å². The van der Waals surface area contributed by atoms with Gasteiger partial charge in [0.15, 0.2) is 0 Å². The van der Waals surface area contributed by atoms with Gasteiger partial charge in [-0.25, -0.2) is 0 Å². The second-order valence-corrected chi connectivity index (χ2v) is 5.03. The molecule has 1 atom stereocenters.